The van der Waals surface area contributed by atoms with Crippen molar-refractivity contribution in [3.8, 4) is 10.4 Å². The topological polar surface area (TPSA) is 4.93 Å². The molecule has 0 amide bonds. The van der Waals surface area contributed by atoms with E-state index in [2.05, 4.69) is 0 Å². The Balaban J connectivity index is 2.33. The van der Waals surface area contributed by atoms with Crippen LogP contribution in [0, 0.1) is 5.82 Å². The molecule has 1 aromatic heterocycles. The number of rotatable bonds is 1. The summed E-state index contributed by atoms with van der Waals surface area (Å²) in [6, 6.07) is 6.55. The zero-order valence-corrected chi connectivity index (χ0v) is 7.44. The van der Waals surface area contributed by atoms with Gasteiger partial charge in [-0.25, -0.2) is 4.39 Å². The highest BCUT2D eigenvalue weighted by atomic mass is 32.1. The maximum Gasteiger partial charge on any atom is 0.123 e. The molecule has 3 heteroatoms. The third-order valence-corrected chi connectivity index (χ3v) is 2.60. The SMILES string of the molecule is Cn1cc(-c2ccc(F)cc2)s1. The fourth-order valence-electron chi connectivity index (χ4n) is 1.06. The molecule has 1 heterocycles. The zero-order valence-electron chi connectivity index (χ0n) is 6.62. The van der Waals surface area contributed by atoms with Crippen molar-refractivity contribution in [3.63, 3.8) is 0 Å². The van der Waals surface area contributed by atoms with E-state index in [1.807, 2.05) is 17.2 Å². The van der Waals surface area contributed by atoms with E-state index in [1.165, 1.54) is 17.0 Å². The van der Waals surface area contributed by atoms with Crippen molar-refractivity contribution in [1.29, 1.82) is 0 Å². The van der Waals surface area contributed by atoms with Gasteiger partial charge in [-0.15, -0.1) is 0 Å². The number of hydrogen-bond acceptors (Lipinski definition) is 1. The van der Waals surface area contributed by atoms with Crippen LogP contribution in [0.3, 0.4) is 0 Å². The van der Waals surface area contributed by atoms with Gasteiger partial charge in [0.15, 0.2) is 0 Å². The lowest BCUT2D eigenvalue weighted by Gasteiger charge is -2.07. The highest BCUT2D eigenvalue weighted by Gasteiger charge is 2.02. The smallest absolute Gasteiger partial charge is 0.123 e. The molecule has 0 aliphatic carbocycles. The lowest BCUT2D eigenvalue weighted by Crippen LogP contribution is -1.90. The largest absolute Gasteiger partial charge is 0.306 e. The minimum atomic E-state index is -0.183. The molecule has 0 bridgehead atoms. The van der Waals surface area contributed by atoms with Crippen LogP contribution in [0.25, 0.3) is 10.4 Å². The van der Waals surface area contributed by atoms with Crippen molar-refractivity contribution in [2.45, 2.75) is 0 Å². The van der Waals surface area contributed by atoms with Gasteiger partial charge < -0.3 is 3.96 Å². The molecule has 0 saturated heterocycles. The Morgan fingerprint density at radius 3 is 2.33 bits per heavy atom. The summed E-state index contributed by atoms with van der Waals surface area (Å²) in [6.45, 7) is 0. The molecule has 62 valence electrons. The van der Waals surface area contributed by atoms with Gasteiger partial charge in [-0.2, -0.15) is 0 Å². The molecule has 0 aliphatic rings. The standard InChI is InChI=1S/C9H8FNS/c1-11-6-9(12-11)7-2-4-8(10)5-3-7/h2-6H,1H3. The summed E-state index contributed by atoms with van der Waals surface area (Å²) in [5.74, 6) is -0.183. The monoisotopic (exact) mass is 181 g/mol. The summed E-state index contributed by atoms with van der Waals surface area (Å²) < 4.78 is 14.5. The van der Waals surface area contributed by atoms with E-state index >= 15 is 0 Å². The normalized spacial score (nSPS) is 10.5. The first-order valence-corrected chi connectivity index (χ1v) is 4.41. The lowest BCUT2D eigenvalue weighted by molar-refractivity contribution is 0.628. The first-order valence-electron chi connectivity index (χ1n) is 3.64. The minimum absolute atomic E-state index is 0.183. The van der Waals surface area contributed by atoms with E-state index in [9.17, 15) is 4.39 Å². The van der Waals surface area contributed by atoms with Crippen molar-refractivity contribution < 1.29 is 4.39 Å². The van der Waals surface area contributed by atoms with Crippen molar-refractivity contribution >= 4 is 11.5 Å². The Morgan fingerprint density at radius 1 is 1.25 bits per heavy atom. The molecule has 1 nitrogen and oxygen atoms in total. The van der Waals surface area contributed by atoms with Crippen LogP contribution in [-0.2, 0) is 7.05 Å². The highest BCUT2D eigenvalue weighted by molar-refractivity contribution is 7.11. The fraction of sp³-hybridized carbons (Fsp3) is 0.111. The van der Waals surface area contributed by atoms with Gasteiger partial charge in [0.2, 0.25) is 0 Å². The first-order chi connectivity index (χ1) is 5.75. The van der Waals surface area contributed by atoms with Gasteiger partial charge in [0.25, 0.3) is 0 Å². The average Bonchev–Trinajstić information content (AvgIpc) is 2.01. The van der Waals surface area contributed by atoms with Crippen LogP contribution >= 0.6 is 11.5 Å². The van der Waals surface area contributed by atoms with Crippen LogP contribution in [-0.4, -0.2) is 3.96 Å². The van der Waals surface area contributed by atoms with Crippen molar-refractivity contribution in [2.24, 2.45) is 7.05 Å². The number of aromatic nitrogens is 1. The van der Waals surface area contributed by atoms with E-state index < -0.39 is 0 Å². The molecule has 0 atom stereocenters. The Hall–Kier alpha value is -1.09. The number of halogens is 1. The molecule has 12 heavy (non-hydrogen) atoms. The third kappa shape index (κ3) is 1.28. The van der Waals surface area contributed by atoms with Crippen molar-refractivity contribution in [2.75, 3.05) is 0 Å². The fourth-order valence-corrected chi connectivity index (χ4v) is 1.82. The van der Waals surface area contributed by atoms with Crippen LogP contribution in [0.5, 0.6) is 0 Å². The number of nitrogens with zero attached hydrogens (tertiary/aromatic N) is 1. The molecule has 0 radical (unpaired) electrons. The van der Waals surface area contributed by atoms with Gasteiger partial charge in [0.05, 0.1) is 4.88 Å². The molecular formula is C9H8FNS. The van der Waals surface area contributed by atoms with Crippen LogP contribution in [0.2, 0.25) is 0 Å². The molecule has 0 N–H and O–H groups in total. The quantitative estimate of drug-likeness (QED) is 0.637. The van der Waals surface area contributed by atoms with Crippen molar-refractivity contribution in [1.82, 2.24) is 3.96 Å². The van der Waals surface area contributed by atoms with E-state index in [0.29, 0.717) is 0 Å². The van der Waals surface area contributed by atoms with Gasteiger partial charge in [0.1, 0.15) is 5.82 Å². The van der Waals surface area contributed by atoms with Crippen LogP contribution < -0.4 is 0 Å². The predicted octanol–water partition coefficient (Wildman–Crippen LogP) is 2.89. The summed E-state index contributed by atoms with van der Waals surface area (Å²) in [5.41, 5.74) is 1.08. The maximum atomic E-state index is 12.5. The highest BCUT2D eigenvalue weighted by Crippen LogP contribution is 2.26. The second-order valence-corrected chi connectivity index (χ2v) is 3.84. The molecule has 2 aromatic rings. The second-order valence-electron chi connectivity index (χ2n) is 2.64. The third-order valence-electron chi connectivity index (χ3n) is 1.67. The molecule has 0 fully saturated rings. The summed E-state index contributed by atoms with van der Waals surface area (Å²) in [7, 11) is 1.98. The van der Waals surface area contributed by atoms with Gasteiger partial charge in [0, 0.05) is 13.2 Å². The van der Waals surface area contributed by atoms with E-state index in [4.69, 9.17) is 0 Å². The molecule has 0 aliphatic heterocycles. The van der Waals surface area contributed by atoms with Gasteiger partial charge in [-0.3, -0.25) is 0 Å². The molecule has 0 unspecified atom stereocenters. The molecule has 1 aromatic carbocycles. The lowest BCUT2D eigenvalue weighted by atomic mass is 10.2. The Kier molecular flexibility index (Phi) is 1.73. The zero-order chi connectivity index (χ0) is 8.55. The van der Waals surface area contributed by atoms with Crippen molar-refractivity contribution in [3.05, 3.63) is 36.3 Å². The van der Waals surface area contributed by atoms with Gasteiger partial charge in [-0.05, 0) is 17.7 Å². The van der Waals surface area contributed by atoms with Gasteiger partial charge >= 0.3 is 0 Å². The van der Waals surface area contributed by atoms with E-state index in [0.717, 1.165) is 5.56 Å². The first kappa shape index (κ1) is 7.55. The molecule has 0 spiro atoms. The number of benzene rings is 1. The van der Waals surface area contributed by atoms with E-state index in [-0.39, 0.29) is 5.82 Å². The Bertz CT molecular complexity index is 359. The average molecular weight is 181 g/mol. The summed E-state index contributed by atoms with van der Waals surface area (Å²) in [6.07, 6.45) is 2.03. The number of aryl methyl sites for hydroxylation is 1. The van der Waals surface area contributed by atoms with Crippen LogP contribution in [0.4, 0.5) is 4.39 Å². The van der Waals surface area contributed by atoms with Crippen LogP contribution in [0.1, 0.15) is 0 Å². The Labute approximate surface area is 74.2 Å². The molecule has 0 saturated carbocycles. The summed E-state index contributed by atoms with van der Waals surface area (Å²) in [4.78, 5) is 1.19. The predicted molar refractivity (Wildman–Crippen MR) is 48.7 cm³/mol. The second kappa shape index (κ2) is 2.75. The van der Waals surface area contributed by atoms with E-state index in [1.54, 1.807) is 23.7 Å². The molecule has 2 rings (SSSR count). The minimum Gasteiger partial charge on any atom is -0.306 e. The maximum absolute atomic E-state index is 12.5. The number of hydrogen-bond donors (Lipinski definition) is 0. The molecular weight excluding hydrogens is 173 g/mol. The Morgan fingerprint density at radius 2 is 1.83 bits per heavy atom. The summed E-state index contributed by atoms with van der Waals surface area (Å²) >= 11 is 1.66. The summed E-state index contributed by atoms with van der Waals surface area (Å²) in [5, 5.41) is 0. The van der Waals surface area contributed by atoms with Crippen LogP contribution in [0.15, 0.2) is 30.5 Å². The van der Waals surface area contributed by atoms with Gasteiger partial charge in [-0.1, -0.05) is 23.7 Å².